The summed E-state index contributed by atoms with van der Waals surface area (Å²) in [5.41, 5.74) is 5.76. The third kappa shape index (κ3) is 3.85. The van der Waals surface area contributed by atoms with Gasteiger partial charge in [0.25, 0.3) is 0 Å². The van der Waals surface area contributed by atoms with Gasteiger partial charge in [-0.15, -0.1) is 0 Å². The number of phenols is 2. The summed E-state index contributed by atoms with van der Waals surface area (Å²) >= 11 is 0. The van der Waals surface area contributed by atoms with Gasteiger partial charge in [-0.25, -0.2) is 9.97 Å². The van der Waals surface area contributed by atoms with Crippen LogP contribution in [-0.4, -0.2) is 20.2 Å². The van der Waals surface area contributed by atoms with Crippen LogP contribution >= 0.6 is 0 Å². The van der Waals surface area contributed by atoms with Gasteiger partial charge in [-0.05, 0) is 63.8 Å². The van der Waals surface area contributed by atoms with Crippen LogP contribution < -0.4 is 0 Å². The maximum Gasteiger partial charge on any atom is 0.143 e. The van der Waals surface area contributed by atoms with E-state index in [2.05, 4.69) is 42.9 Å². The van der Waals surface area contributed by atoms with E-state index >= 15 is 0 Å². The number of aromatic nitrogens is 2. The van der Waals surface area contributed by atoms with E-state index in [9.17, 15) is 10.2 Å². The van der Waals surface area contributed by atoms with Crippen molar-refractivity contribution in [2.45, 2.75) is 40.0 Å². The molecule has 0 bridgehead atoms. The molecule has 0 aliphatic heterocycles. The second-order valence-electron chi connectivity index (χ2n) is 6.88. The Kier molecular flexibility index (Phi) is 5.21. The summed E-state index contributed by atoms with van der Waals surface area (Å²) < 4.78 is 0. The molecule has 3 aromatic rings. The van der Waals surface area contributed by atoms with Gasteiger partial charge in [0.15, 0.2) is 0 Å². The average molecular weight is 348 g/mol. The third-order valence-corrected chi connectivity index (χ3v) is 4.42. The molecular formula is C22H24N2O2. The van der Waals surface area contributed by atoms with Crippen LogP contribution in [0.5, 0.6) is 11.5 Å². The Morgan fingerprint density at radius 3 is 2.42 bits per heavy atom. The normalized spacial score (nSPS) is 11.9. The molecule has 4 nitrogen and oxygen atoms in total. The standard InChI is InChI=1S/C22H24N2O2/c1-14(2)6-4-7-15(3)10-11-16-12-13-19(26)22-20(16)24-21-17(23-22)8-5-9-18(21)25/h5-6,8-10,12-13,25-26H,4,7,11H2,1-3H3/b15-10+. The summed E-state index contributed by atoms with van der Waals surface area (Å²) in [7, 11) is 0. The van der Waals surface area contributed by atoms with Gasteiger partial charge >= 0.3 is 0 Å². The number of rotatable bonds is 5. The predicted octanol–water partition coefficient (Wildman–Crippen LogP) is 5.43. The first-order valence-corrected chi connectivity index (χ1v) is 8.85. The zero-order valence-corrected chi connectivity index (χ0v) is 15.5. The van der Waals surface area contributed by atoms with Crippen molar-refractivity contribution in [1.82, 2.24) is 9.97 Å². The molecule has 0 unspecified atom stereocenters. The molecule has 0 aliphatic carbocycles. The topological polar surface area (TPSA) is 66.2 Å². The minimum absolute atomic E-state index is 0.0969. The lowest BCUT2D eigenvalue weighted by Crippen LogP contribution is -1.94. The quantitative estimate of drug-likeness (QED) is 0.476. The Bertz CT molecular complexity index is 1020. The monoisotopic (exact) mass is 348 g/mol. The predicted molar refractivity (Wildman–Crippen MR) is 106 cm³/mol. The molecule has 0 spiro atoms. The van der Waals surface area contributed by atoms with Crippen molar-refractivity contribution in [2.75, 3.05) is 0 Å². The van der Waals surface area contributed by atoms with Crippen LogP contribution in [0.1, 0.15) is 39.2 Å². The van der Waals surface area contributed by atoms with Crippen molar-refractivity contribution in [3.05, 3.63) is 59.2 Å². The van der Waals surface area contributed by atoms with E-state index in [4.69, 9.17) is 0 Å². The average Bonchev–Trinajstić information content (AvgIpc) is 2.60. The molecular weight excluding hydrogens is 324 g/mol. The molecule has 0 saturated heterocycles. The molecule has 1 aromatic heterocycles. The Hall–Kier alpha value is -2.88. The minimum atomic E-state index is 0.0969. The highest BCUT2D eigenvalue weighted by molar-refractivity contribution is 5.93. The molecule has 4 heteroatoms. The van der Waals surface area contributed by atoms with Crippen LogP contribution in [0.25, 0.3) is 22.1 Å². The molecule has 0 atom stereocenters. The lowest BCUT2D eigenvalue weighted by Gasteiger charge is -2.08. The van der Waals surface area contributed by atoms with E-state index in [0.29, 0.717) is 28.5 Å². The fraction of sp³-hybridized carbons (Fsp3) is 0.273. The molecule has 3 rings (SSSR count). The summed E-state index contributed by atoms with van der Waals surface area (Å²) in [5.74, 6) is 0.199. The van der Waals surface area contributed by atoms with Gasteiger partial charge in [-0.1, -0.05) is 35.4 Å². The smallest absolute Gasteiger partial charge is 0.143 e. The molecule has 2 aromatic carbocycles. The SMILES string of the molecule is CC(C)=CCC/C(C)=C/Cc1ccc(O)c2nc3cccc(O)c3nc12. The van der Waals surface area contributed by atoms with Gasteiger partial charge in [-0.2, -0.15) is 0 Å². The number of fused-ring (bicyclic) bond motifs is 2. The van der Waals surface area contributed by atoms with E-state index in [0.717, 1.165) is 18.4 Å². The van der Waals surface area contributed by atoms with Gasteiger partial charge < -0.3 is 10.2 Å². The lowest BCUT2D eigenvalue weighted by molar-refractivity contribution is 0.478. The molecule has 1 heterocycles. The maximum atomic E-state index is 10.2. The van der Waals surface area contributed by atoms with Crippen molar-refractivity contribution in [1.29, 1.82) is 0 Å². The third-order valence-electron chi connectivity index (χ3n) is 4.42. The number of hydrogen-bond acceptors (Lipinski definition) is 4. The number of phenolic OH excluding ortho intramolecular Hbond substituents is 2. The van der Waals surface area contributed by atoms with Crippen LogP contribution in [0.4, 0.5) is 0 Å². The summed E-state index contributed by atoms with van der Waals surface area (Å²) in [6.07, 6.45) is 7.22. The van der Waals surface area contributed by atoms with Crippen molar-refractivity contribution >= 4 is 22.1 Å². The zero-order chi connectivity index (χ0) is 18.7. The van der Waals surface area contributed by atoms with Gasteiger partial charge in [0.2, 0.25) is 0 Å². The first-order valence-electron chi connectivity index (χ1n) is 8.85. The van der Waals surface area contributed by atoms with Gasteiger partial charge in [-0.3, -0.25) is 0 Å². The molecule has 134 valence electrons. The maximum absolute atomic E-state index is 10.2. The number of hydrogen-bond donors (Lipinski definition) is 2. The van der Waals surface area contributed by atoms with E-state index < -0.39 is 0 Å². The van der Waals surface area contributed by atoms with Crippen molar-refractivity contribution in [2.24, 2.45) is 0 Å². The Balaban J connectivity index is 1.97. The second-order valence-corrected chi connectivity index (χ2v) is 6.88. The second kappa shape index (κ2) is 7.56. The summed E-state index contributed by atoms with van der Waals surface area (Å²) in [6.45, 7) is 6.36. The fourth-order valence-electron chi connectivity index (χ4n) is 2.94. The molecule has 0 aliphatic rings. The molecule has 0 amide bonds. The number of para-hydroxylation sites is 1. The van der Waals surface area contributed by atoms with E-state index in [1.165, 1.54) is 11.1 Å². The fourth-order valence-corrected chi connectivity index (χ4v) is 2.94. The lowest BCUT2D eigenvalue weighted by atomic mass is 10.0. The number of benzene rings is 2. The summed E-state index contributed by atoms with van der Waals surface area (Å²) in [5, 5.41) is 20.3. The zero-order valence-electron chi connectivity index (χ0n) is 15.5. The van der Waals surface area contributed by atoms with Gasteiger partial charge in [0.05, 0.1) is 11.0 Å². The minimum Gasteiger partial charge on any atom is -0.506 e. The number of allylic oxidation sites excluding steroid dienone is 4. The van der Waals surface area contributed by atoms with Crippen LogP contribution in [0.15, 0.2) is 53.6 Å². The molecule has 0 radical (unpaired) electrons. The van der Waals surface area contributed by atoms with Crippen LogP contribution in [0.2, 0.25) is 0 Å². The molecule has 0 saturated carbocycles. The molecule has 26 heavy (non-hydrogen) atoms. The number of nitrogens with zero attached hydrogens (tertiary/aromatic N) is 2. The first kappa shape index (κ1) is 17.9. The van der Waals surface area contributed by atoms with E-state index in [-0.39, 0.29) is 11.5 Å². The first-order chi connectivity index (χ1) is 12.5. The van der Waals surface area contributed by atoms with E-state index in [1.807, 2.05) is 6.07 Å². The molecule has 2 N–H and O–H groups in total. The highest BCUT2D eigenvalue weighted by Crippen LogP contribution is 2.30. The highest BCUT2D eigenvalue weighted by Gasteiger charge is 2.11. The van der Waals surface area contributed by atoms with Crippen LogP contribution in [0, 0.1) is 0 Å². The Labute approximate surface area is 153 Å². The van der Waals surface area contributed by atoms with Crippen molar-refractivity contribution in [3.8, 4) is 11.5 Å². The van der Waals surface area contributed by atoms with E-state index in [1.54, 1.807) is 24.3 Å². The summed E-state index contributed by atoms with van der Waals surface area (Å²) in [6, 6.07) is 8.63. The molecule has 0 fully saturated rings. The van der Waals surface area contributed by atoms with Gasteiger partial charge in [0.1, 0.15) is 22.5 Å². The van der Waals surface area contributed by atoms with Crippen LogP contribution in [0.3, 0.4) is 0 Å². The Morgan fingerprint density at radius 1 is 0.885 bits per heavy atom. The van der Waals surface area contributed by atoms with Gasteiger partial charge in [0, 0.05) is 0 Å². The Morgan fingerprint density at radius 2 is 1.65 bits per heavy atom. The number of aromatic hydroxyl groups is 2. The van der Waals surface area contributed by atoms with Crippen molar-refractivity contribution < 1.29 is 10.2 Å². The highest BCUT2D eigenvalue weighted by atomic mass is 16.3. The largest absolute Gasteiger partial charge is 0.506 e. The summed E-state index contributed by atoms with van der Waals surface area (Å²) in [4.78, 5) is 9.08. The van der Waals surface area contributed by atoms with Crippen LogP contribution in [-0.2, 0) is 6.42 Å². The van der Waals surface area contributed by atoms with Crippen molar-refractivity contribution in [3.63, 3.8) is 0 Å².